The third-order valence-electron chi connectivity index (χ3n) is 4.31. The highest BCUT2D eigenvalue weighted by Gasteiger charge is 2.31. The van der Waals surface area contributed by atoms with Crippen LogP contribution in [0, 0.1) is 0 Å². The van der Waals surface area contributed by atoms with Crippen molar-refractivity contribution < 1.29 is 18.7 Å². The van der Waals surface area contributed by atoms with Crippen LogP contribution in [0.15, 0.2) is 65.3 Å². The summed E-state index contributed by atoms with van der Waals surface area (Å²) in [6.07, 6.45) is 2.81. The summed E-state index contributed by atoms with van der Waals surface area (Å²) >= 11 is 1.04. The highest BCUT2D eigenvalue weighted by atomic mass is 32.2. The van der Waals surface area contributed by atoms with E-state index in [2.05, 4.69) is 10.3 Å². The highest BCUT2D eigenvalue weighted by molar-refractivity contribution is 8.15. The monoisotopic (exact) mass is 394 g/mol. The van der Waals surface area contributed by atoms with Gasteiger partial charge in [0.25, 0.3) is 5.24 Å². The lowest BCUT2D eigenvalue weighted by atomic mass is 10.1. The lowest BCUT2D eigenvalue weighted by molar-refractivity contribution is -0.118. The number of benzene rings is 2. The van der Waals surface area contributed by atoms with Crippen LogP contribution >= 0.6 is 11.8 Å². The number of imide groups is 1. The fraction of sp³-hybridized carbons (Fsp3) is 0.190. The summed E-state index contributed by atoms with van der Waals surface area (Å²) in [4.78, 5) is 27.3. The Hall–Kier alpha value is -3.06. The Morgan fingerprint density at radius 3 is 2.57 bits per heavy atom. The molecule has 0 aliphatic carbocycles. The van der Waals surface area contributed by atoms with Gasteiger partial charge >= 0.3 is 0 Å². The molecule has 1 unspecified atom stereocenters. The molecule has 6 nitrogen and oxygen atoms in total. The van der Waals surface area contributed by atoms with E-state index in [9.17, 15) is 9.59 Å². The number of nitrogens with one attached hydrogen (secondary N) is 1. The minimum absolute atomic E-state index is 0.224. The molecule has 1 aliphatic heterocycles. The van der Waals surface area contributed by atoms with Crippen LogP contribution in [0.3, 0.4) is 0 Å². The van der Waals surface area contributed by atoms with E-state index >= 15 is 0 Å². The van der Waals surface area contributed by atoms with E-state index in [0.717, 1.165) is 34.3 Å². The second-order valence-electron chi connectivity index (χ2n) is 6.34. The second-order valence-corrected chi connectivity index (χ2v) is 7.52. The highest BCUT2D eigenvalue weighted by Crippen LogP contribution is 2.24. The molecule has 4 rings (SSSR count). The first kappa shape index (κ1) is 18.3. The molecule has 0 radical (unpaired) electrons. The normalized spacial score (nSPS) is 16.2. The van der Waals surface area contributed by atoms with E-state index in [1.54, 1.807) is 6.26 Å². The van der Waals surface area contributed by atoms with Crippen LogP contribution in [0.5, 0.6) is 5.75 Å². The number of nitrogens with zero attached hydrogens (tertiary/aromatic N) is 1. The van der Waals surface area contributed by atoms with Crippen molar-refractivity contribution in [2.45, 2.75) is 18.1 Å². The molecule has 0 saturated carbocycles. The first-order chi connectivity index (χ1) is 13.7. The fourth-order valence-corrected chi connectivity index (χ4v) is 3.73. The molecule has 0 bridgehead atoms. The minimum atomic E-state index is -0.356. The van der Waals surface area contributed by atoms with Gasteiger partial charge in [-0.15, -0.1) is 0 Å². The largest absolute Gasteiger partial charge is 0.493 e. The molecule has 1 N–H and O–H groups in total. The number of ether oxygens (including phenoxy) is 1. The van der Waals surface area contributed by atoms with Gasteiger partial charge in [-0.05, 0) is 36.2 Å². The van der Waals surface area contributed by atoms with E-state index in [1.807, 2.05) is 54.6 Å². The van der Waals surface area contributed by atoms with E-state index in [1.165, 1.54) is 0 Å². The van der Waals surface area contributed by atoms with E-state index < -0.39 is 0 Å². The van der Waals surface area contributed by atoms with Crippen LogP contribution in [0.2, 0.25) is 0 Å². The standard InChI is InChI=1S/C21H18N2O4S/c24-19-18(28-21(25)23-19)12-14-6-8-17(9-7-14)26-11-10-16-13-27-20(22-16)15-4-2-1-3-5-15/h1-9,13,18H,10-12H2,(H,23,24,25). The van der Waals surface area contributed by atoms with Gasteiger partial charge in [-0.25, -0.2) is 4.98 Å². The van der Waals surface area contributed by atoms with E-state index in [4.69, 9.17) is 9.15 Å². The number of hydrogen-bond acceptors (Lipinski definition) is 6. The SMILES string of the molecule is O=C1NC(=O)C(Cc2ccc(OCCc3coc(-c4ccccc4)n3)cc2)S1. The number of carbonyl (C=O) groups is 2. The average Bonchev–Trinajstić information content (AvgIpc) is 3.30. The van der Waals surface area contributed by atoms with Crippen molar-refractivity contribution in [1.29, 1.82) is 0 Å². The van der Waals surface area contributed by atoms with Gasteiger partial charge in [0.2, 0.25) is 11.8 Å². The predicted octanol–water partition coefficient (Wildman–Crippen LogP) is 3.86. The first-order valence-corrected chi connectivity index (χ1v) is 9.78. The van der Waals surface area contributed by atoms with Crippen LogP contribution in [-0.4, -0.2) is 28.0 Å². The molecule has 28 heavy (non-hydrogen) atoms. The summed E-state index contributed by atoms with van der Waals surface area (Å²) in [7, 11) is 0. The summed E-state index contributed by atoms with van der Waals surface area (Å²) in [6, 6.07) is 17.3. The van der Waals surface area contributed by atoms with Gasteiger partial charge in [-0.1, -0.05) is 42.1 Å². The van der Waals surface area contributed by atoms with Crippen molar-refractivity contribution in [3.05, 3.63) is 72.1 Å². The molecule has 1 fully saturated rings. The molecule has 1 aromatic heterocycles. The molecule has 2 aromatic carbocycles. The fourth-order valence-electron chi connectivity index (χ4n) is 2.87. The number of aromatic nitrogens is 1. The van der Waals surface area contributed by atoms with Crippen LogP contribution in [-0.2, 0) is 17.6 Å². The Balaban J connectivity index is 1.27. The second kappa shape index (κ2) is 8.31. The predicted molar refractivity (Wildman–Crippen MR) is 106 cm³/mol. The minimum Gasteiger partial charge on any atom is -0.493 e. The molecule has 142 valence electrons. The third-order valence-corrected chi connectivity index (χ3v) is 5.29. The van der Waals surface area contributed by atoms with Gasteiger partial charge in [0.15, 0.2) is 0 Å². The number of amides is 2. The Morgan fingerprint density at radius 1 is 1.07 bits per heavy atom. The zero-order chi connectivity index (χ0) is 19.3. The maximum Gasteiger partial charge on any atom is 0.286 e. The third kappa shape index (κ3) is 4.43. The van der Waals surface area contributed by atoms with E-state index in [0.29, 0.717) is 25.3 Å². The molecular weight excluding hydrogens is 376 g/mol. The number of carbonyl (C=O) groups excluding carboxylic acids is 2. The quantitative estimate of drug-likeness (QED) is 0.655. The van der Waals surface area contributed by atoms with Gasteiger partial charge in [0.1, 0.15) is 12.0 Å². The summed E-state index contributed by atoms with van der Waals surface area (Å²) < 4.78 is 11.3. The maximum atomic E-state index is 11.6. The summed E-state index contributed by atoms with van der Waals surface area (Å²) in [5.74, 6) is 1.13. The Kier molecular flexibility index (Phi) is 5.43. The number of hydrogen-bond donors (Lipinski definition) is 1. The zero-order valence-electron chi connectivity index (χ0n) is 15.0. The van der Waals surface area contributed by atoms with Gasteiger partial charge in [-0.3, -0.25) is 14.9 Å². The zero-order valence-corrected chi connectivity index (χ0v) is 15.8. The van der Waals surface area contributed by atoms with Crippen molar-refractivity contribution >= 4 is 22.9 Å². The molecule has 1 atom stereocenters. The van der Waals surface area contributed by atoms with Gasteiger partial charge in [0.05, 0.1) is 17.6 Å². The van der Waals surface area contributed by atoms with Crippen LogP contribution in [0.25, 0.3) is 11.5 Å². The molecule has 2 amide bonds. The van der Waals surface area contributed by atoms with Crippen molar-refractivity contribution in [2.24, 2.45) is 0 Å². The molecule has 3 aromatic rings. The van der Waals surface area contributed by atoms with Gasteiger partial charge in [0, 0.05) is 12.0 Å². The molecule has 2 heterocycles. The maximum absolute atomic E-state index is 11.6. The Morgan fingerprint density at radius 2 is 1.86 bits per heavy atom. The molecular formula is C21H18N2O4S. The molecule has 7 heteroatoms. The summed E-state index contributed by atoms with van der Waals surface area (Å²) in [5, 5.41) is 1.67. The van der Waals surface area contributed by atoms with Crippen LogP contribution in [0.4, 0.5) is 4.79 Å². The van der Waals surface area contributed by atoms with Crippen molar-refractivity contribution in [3.8, 4) is 17.2 Å². The molecule has 1 saturated heterocycles. The number of rotatable bonds is 7. The average molecular weight is 394 g/mol. The van der Waals surface area contributed by atoms with Gasteiger partial charge in [-0.2, -0.15) is 0 Å². The molecule has 0 spiro atoms. The lowest BCUT2D eigenvalue weighted by Gasteiger charge is -2.08. The van der Waals surface area contributed by atoms with Crippen LogP contribution < -0.4 is 10.1 Å². The Bertz CT molecular complexity index is 970. The molecule has 1 aliphatic rings. The van der Waals surface area contributed by atoms with Crippen molar-refractivity contribution in [1.82, 2.24) is 10.3 Å². The Labute approximate surface area is 166 Å². The topological polar surface area (TPSA) is 81.4 Å². The van der Waals surface area contributed by atoms with Gasteiger partial charge < -0.3 is 9.15 Å². The smallest absolute Gasteiger partial charge is 0.286 e. The summed E-state index contributed by atoms with van der Waals surface area (Å²) in [6.45, 7) is 0.482. The van der Waals surface area contributed by atoms with E-state index in [-0.39, 0.29) is 16.4 Å². The first-order valence-electron chi connectivity index (χ1n) is 8.90. The summed E-state index contributed by atoms with van der Waals surface area (Å²) in [5.41, 5.74) is 2.77. The number of oxazole rings is 1. The van der Waals surface area contributed by atoms with Crippen molar-refractivity contribution in [3.63, 3.8) is 0 Å². The van der Waals surface area contributed by atoms with Crippen molar-refractivity contribution in [2.75, 3.05) is 6.61 Å². The number of thioether (sulfide) groups is 1. The lowest BCUT2D eigenvalue weighted by Crippen LogP contribution is -2.25. The van der Waals surface area contributed by atoms with Crippen LogP contribution in [0.1, 0.15) is 11.3 Å².